The number of hydrogen-bond donors (Lipinski definition) is 2. The quantitative estimate of drug-likeness (QED) is 0.480. The molecule has 1 aliphatic heterocycles. The Labute approximate surface area is 196 Å². The molecule has 4 rings (SSSR count). The van der Waals surface area contributed by atoms with Crippen molar-refractivity contribution < 1.29 is 18.3 Å². The number of ether oxygens (including phenoxy) is 1. The molecule has 13 heteroatoms. The molecule has 0 saturated carbocycles. The minimum atomic E-state index is -2.61. The van der Waals surface area contributed by atoms with E-state index in [1.165, 1.54) is 18.9 Å². The Hall–Kier alpha value is -2.99. The summed E-state index contributed by atoms with van der Waals surface area (Å²) < 4.78 is 31.8. The van der Waals surface area contributed by atoms with Crippen LogP contribution in [0.1, 0.15) is 23.4 Å². The molecule has 174 valence electrons. The number of thioether (sulfide) groups is 1. The SMILES string of the molecule is COc1c(C)cnc(Cn2nc3c4c(nc(N)nc42)SCC(CC(=O)NCC(F)F)=C3)c1Cl. The van der Waals surface area contributed by atoms with Crippen molar-refractivity contribution in [1.29, 1.82) is 0 Å². The van der Waals surface area contributed by atoms with Crippen LogP contribution in [0.3, 0.4) is 0 Å². The van der Waals surface area contributed by atoms with E-state index in [0.717, 1.165) is 5.56 Å². The van der Waals surface area contributed by atoms with Crippen molar-refractivity contribution in [2.75, 3.05) is 25.1 Å². The van der Waals surface area contributed by atoms with Gasteiger partial charge in [0.25, 0.3) is 6.43 Å². The second-order valence-electron chi connectivity index (χ2n) is 7.33. The number of amides is 1. The highest BCUT2D eigenvalue weighted by molar-refractivity contribution is 7.99. The zero-order chi connectivity index (χ0) is 23.7. The highest BCUT2D eigenvalue weighted by Crippen LogP contribution is 2.36. The normalized spacial score (nSPS) is 13.2. The number of nitrogens with two attached hydrogens (primary N) is 1. The van der Waals surface area contributed by atoms with Gasteiger partial charge in [-0.25, -0.2) is 18.4 Å². The molecular weight excluding hydrogens is 476 g/mol. The Kier molecular flexibility index (Phi) is 6.66. The molecule has 9 nitrogen and oxygen atoms in total. The van der Waals surface area contributed by atoms with E-state index in [0.29, 0.717) is 49.5 Å². The maximum Gasteiger partial charge on any atom is 0.255 e. The first-order valence-electron chi connectivity index (χ1n) is 9.86. The minimum absolute atomic E-state index is 0.0342. The smallest absolute Gasteiger partial charge is 0.255 e. The summed E-state index contributed by atoms with van der Waals surface area (Å²) in [5, 5.41) is 8.55. The molecule has 0 bridgehead atoms. The summed E-state index contributed by atoms with van der Waals surface area (Å²) in [6.45, 7) is 1.36. The number of carbonyl (C=O) groups is 1. The van der Waals surface area contributed by atoms with E-state index in [1.807, 2.05) is 6.92 Å². The van der Waals surface area contributed by atoms with Crippen LogP contribution < -0.4 is 15.8 Å². The number of anilines is 1. The Morgan fingerprint density at radius 2 is 2.21 bits per heavy atom. The predicted molar refractivity (Wildman–Crippen MR) is 122 cm³/mol. The van der Waals surface area contributed by atoms with Crippen LogP contribution in [0, 0.1) is 6.92 Å². The lowest BCUT2D eigenvalue weighted by Crippen LogP contribution is -2.28. The number of carbonyl (C=O) groups excluding carboxylic acids is 1. The van der Waals surface area contributed by atoms with Crippen molar-refractivity contribution in [3.63, 3.8) is 0 Å². The second-order valence-corrected chi connectivity index (χ2v) is 8.67. The fourth-order valence-electron chi connectivity index (χ4n) is 3.45. The monoisotopic (exact) mass is 495 g/mol. The molecule has 1 aliphatic rings. The van der Waals surface area contributed by atoms with Gasteiger partial charge in [0.15, 0.2) is 5.65 Å². The number of nitrogens with zero attached hydrogens (tertiary/aromatic N) is 5. The first-order chi connectivity index (χ1) is 15.8. The molecule has 3 aromatic heterocycles. The molecule has 0 unspecified atom stereocenters. The maximum absolute atomic E-state index is 12.4. The fourth-order valence-corrected chi connectivity index (χ4v) is 4.79. The van der Waals surface area contributed by atoms with Gasteiger partial charge < -0.3 is 15.8 Å². The number of aromatic nitrogens is 5. The van der Waals surface area contributed by atoms with Crippen LogP contribution in [-0.4, -0.2) is 56.5 Å². The van der Waals surface area contributed by atoms with E-state index in [2.05, 4.69) is 25.4 Å². The zero-order valence-electron chi connectivity index (χ0n) is 17.7. The van der Waals surface area contributed by atoms with Crippen LogP contribution in [0.5, 0.6) is 5.75 Å². The molecular formula is C20H20ClF2N7O2S. The minimum Gasteiger partial charge on any atom is -0.495 e. The third-order valence-electron chi connectivity index (χ3n) is 4.91. The summed E-state index contributed by atoms with van der Waals surface area (Å²) >= 11 is 7.87. The van der Waals surface area contributed by atoms with Gasteiger partial charge in [-0.15, -0.1) is 11.8 Å². The summed E-state index contributed by atoms with van der Waals surface area (Å²) in [6, 6.07) is 0. The van der Waals surface area contributed by atoms with Gasteiger partial charge in [-0.05, 0) is 18.6 Å². The number of pyridine rings is 1. The number of hydrogen-bond acceptors (Lipinski definition) is 8. The van der Waals surface area contributed by atoms with Gasteiger partial charge in [-0.3, -0.25) is 9.78 Å². The standard InChI is InChI=1S/C20H20ClF2N7O2S/c1-9-5-25-12(16(21)17(9)32-2)7-30-18-15-11(29-30)3-10(4-14(31)26-6-13(22)23)8-33-19(15)28-20(24)27-18/h3,5,13H,4,6-8H2,1-2H3,(H,26,31)(H2,24,27,28). The lowest BCUT2D eigenvalue weighted by molar-refractivity contribution is -0.121. The average Bonchev–Trinajstić information content (AvgIpc) is 2.99. The van der Waals surface area contributed by atoms with E-state index in [4.69, 9.17) is 22.1 Å². The van der Waals surface area contributed by atoms with Crippen LogP contribution in [0.15, 0.2) is 16.8 Å². The van der Waals surface area contributed by atoms with Gasteiger partial charge in [0.1, 0.15) is 15.8 Å². The van der Waals surface area contributed by atoms with Crippen LogP contribution >= 0.6 is 23.4 Å². The highest BCUT2D eigenvalue weighted by atomic mass is 35.5. The molecule has 0 aromatic carbocycles. The molecule has 0 fully saturated rings. The number of halogens is 3. The van der Waals surface area contributed by atoms with Gasteiger partial charge >= 0.3 is 0 Å². The molecule has 0 aliphatic carbocycles. The zero-order valence-corrected chi connectivity index (χ0v) is 19.3. The van der Waals surface area contributed by atoms with Gasteiger partial charge in [0, 0.05) is 23.9 Å². The Morgan fingerprint density at radius 3 is 2.94 bits per heavy atom. The summed E-state index contributed by atoms with van der Waals surface area (Å²) in [4.78, 5) is 25.2. The Bertz CT molecular complexity index is 1270. The summed E-state index contributed by atoms with van der Waals surface area (Å²) in [6.07, 6.45) is 0.781. The average molecular weight is 496 g/mol. The predicted octanol–water partition coefficient (Wildman–Crippen LogP) is 3.08. The van der Waals surface area contributed by atoms with Crippen LogP contribution in [0.25, 0.3) is 17.1 Å². The third-order valence-corrected chi connectivity index (χ3v) is 6.38. The van der Waals surface area contributed by atoms with E-state index < -0.39 is 18.9 Å². The first kappa shape index (κ1) is 23.2. The van der Waals surface area contributed by atoms with Crippen molar-refractivity contribution in [2.45, 2.75) is 31.3 Å². The van der Waals surface area contributed by atoms with E-state index in [1.54, 1.807) is 17.0 Å². The molecule has 0 atom stereocenters. The van der Waals surface area contributed by atoms with Gasteiger partial charge in [-0.2, -0.15) is 10.1 Å². The summed E-state index contributed by atoms with van der Waals surface area (Å²) in [5.74, 6) is 0.558. The van der Waals surface area contributed by atoms with Gasteiger partial charge in [0.05, 0.1) is 37.0 Å². The Balaban J connectivity index is 1.71. The van der Waals surface area contributed by atoms with Gasteiger partial charge in [0.2, 0.25) is 11.9 Å². The molecule has 33 heavy (non-hydrogen) atoms. The first-order valence-corrected chi connectivity index (χ1v) is 11.2. The highest BCUT2D eigenvalue weighted by Gasteiger charge is 2.23. The van der Waals surface area contributed by atoms with Crippen molar-refractivity contribution in [3.05, 3.63) is 33.7 Å². The summed E-state index contributed by atoms with van der Waals surface area (Å²) in [7, 11) is 1.53. The number of alkyl halides is 2. The van der Waals surface area contributed by atoms with E-state index in [-0.39, 0.29) is 18.9 Å². The van der Waals surface area contributed by atoms with E-state index in [9.17, 15) is 13.6 Å². The van der Waals surface area contributed by atoms with Crippen molar-refractivity contribution in [1.82, 2.24) is 30.0 Å². The number of aryl methyl sites for hydroxylation is 1. The van der Waals surface area contributed by atoms with Crippen molar-refractivity contribution in [2.24, 2.45) is 0 Å². The lowest BCUT2D eigenvalue weighted by Gasteiger charge is -2.11. The van der Waals surface area contributed by atoms with Gasteiger partial charge in [-0.1, -0.05) is 11.6 Å². The van der Waals surface area contributed by atoms with Crippen LogP contribution in [0.2, 0.25) is 5.02 Å². The molecule has 0 saturated heterocycles. The van der Waals surface area contributed by atoms with E-state index >= 15 is 0 Å². The third kappa shape index (κ3) is 4.86. The lowest BCUT2D eigenvalue weighted by atomic mass is 10.1. The fraction of sp³-hybridized carbons (Fsp3) is 0.350. The summed E-state index contributed by atoms with van der Waals surface area (Å²) in [5.41, 5.74) is 9.03. The van der Waals surface area contributed by atoms with Crippen LogP contribution in [0.4, 0.5) is 14.7 Å². The second kappa shape index (κ2) is 9.48. The number of nitrogens with one attached hydrogen (secondary N) is 1. The van der Waals surface area contributed by atoms with Crippen molar-refractivity contribution in [3.8, 4) is 5.75 Å². The number of rotatable bonds is 7. The number of nitrogen functional groups attached to an aromatic ring is 1. The Morgan fingerprint density at radius 1 is 1.42 bits per heavy atom. The largest absolute Gasteiger partial charge is 0.495 e. The molecule has 0 radical (unpaired) electrons. The molecule has 3 N–H and O–H groups in total. The maximum atomic E-state index is 12.4. The molecule has 1 amide bonds. The van der Waals surface area contributed by atoms with Crippen molar-refractivity contribution >= 4 is 52.3 Å². The molecule has 0 spiro atoms. The molecule has 3 aromatic rings. The molecule has 4 heterocycles. The number of methoxy groups -OCH3 is 1. The van der Waals surface area contributed by atoms with Crippen LogP contribution in [-0.2, 0) is 11.3 Å². The topological polar surface area (TPSA) is 121 Å².